The first-order valence-corrected chi connectivity index (χ1v) is 7.78. The average molecular weight is 326 g/mol. The Kier molecular flexibility index (Phi) is 6.37. The Balaban J connectivity index is 1.76. The number of ether oxygens (including phenoxy) is 1. The summed E-state index contributed by atoms with van der Waals surface area (Å²) in [5.74, 6) is 0.725. The molecular formula is C19H22N2O3. The Labute approximate surface area is 142 Å². The summed E-state index contributed by atoms with van der Waals surface area (Å²) in [4.78, 5) is 16.3. The van der Waals surface area contributed by atoms with Gasteiger partial charge >= 0.3 is 0 Å². The molecule has 0 heterocycles. The molecule has 0 spiro atoms. The molecule has 126 valence electrons. The van der Waals surface area contributed by atoms with Crippen molar-refractivity contribution >= 4 is 17.3 Å². The van der Waals surface area contributed by atoms with Crippen molar-refractivity contribution in [2.24, 2.45) is 5.16 Å². The lowest BCUT2D eigenvalue weighted by Crippen LogP contribution is -2.07. The summed E-state index contributed by atoms with van der Waals surface area (Å²) < 4.78 is 5.57. The van der Waals surface area contributed by atoms with Gasteiger partial charge in [0.25, 0.3) is 0 Å². The lowest BCUT2D eigenvalue weighted by atomic mass is 10.1. The van der Waals surface area contributed by atoms with E-state index in [-0.39, 0.29) is 5.91 Å². The van der Waals surface area contributed by atoms with Gasteiger partial charge in [-0.25, -0.2) is 0 Å². The van der Waals surface area contributed by atoms with Crippen LogP contribution in [0.1, 0.15) is 25.0 Å². The van der Waals surface area contributed by atoms with Gasteiger partial charge in [0.2, 0.25) is 5.91 Å². The summed E-state index contributed by atoms with van der Waals surface area (Å²) in [7, 11) is 0. The van der Waals surface area contributed by atoms with E-state index in [0.717, 1.165) is 22.7 Å². The van der Waals surface area contributed by atoms with E-state index in [4.69, 9.17) is 9.57 Å². The highest BCUT2D eigenvalue weighted by Crippen LogP contribution is 2.12. The number of benzene rings is 2. The van der Waals surface area contributed by atoms with Gasteiger partial charge in [-0.1, -0.05) is 35.0 Å². The highest BCUT2D eigenvalue weighted by atomic mass is 16.6. The Morgan fingerprint density at radius 3 is 2.29 bits per heavy atom. The number of anilines is 1. The van der Waals surface area contributed by atoms with Crippen LogP contribution in [0.5, 0.6) is 5.75 Å². The summed E-state index contributed by atoms with van der Waals surface area (Å²) in [6.07, 6.45) is 0. The van der Waals surface area contributed by atoms with Crippen LogP contribution < -0.4 is 10.1 Å². The smallest absolute Gasteiger partial charge is 0.221 e. The number of carbonyl (C=O) groups is 1. The van der Waals surface area contributed by atoms with E-state index >= 15 is 0 Å². The van der Waals surface area contributed by atoms with Crippen molar-refractivity contribution in [2.45, 2.75) is 20.8 Å². The van der Waals surface area contributed by atoms with Crippen LogP contribution in [0.4, 0.5) is 5.69 Å². The van der Waals surface area contributed by atoms with Gasteiger partial charge in [-0.2, -0.15) is 0 Å². The first-order chi connectivity index (χ1) is 11.5. The topological polar surface area (TPSA) is 59.9 Å². The van der Waals surface area contributed by atoms with Gasteiger partial charge in [0.05, 0.1) is 5.71 Å². The quantitative estimate of drug-likeness (QED) is 0.478. The van der Waals surface area contributed by atoms with Crippen LogP contribution in [0.2, 0.25) is 0 Å². The summed E-state index contributed by atoms with van der Waals surface area (Å²) in [6.45, 7) is 6.19. The van der Waals surface area contributed by atoms with Crippen molar-refractivity contribution in [3.63, 3.8) is 0 Å². The van der Waals surface area contributed by atoms with E-state index < -0.39 is 0 Å². The standard InChI is InChI=1S/C19H22N2O3/c1-14-4-10-19(11-5-14)23-12-13-24-21-15(2)17-6-8-18(9-7-17)20-16(3)22/h4-11H,12-13H2,1-3H3,(H,20,22)/b21-15+. The molecule has 0 bridgehead atoms. The monoisotopic (exact) mass is 326 g/mol. The maximum Gasteiger partial charge on any atom is 0.221 e. The molecule has 2 rings (SSSR count). The van der Waals surface area contributed by atoms with Gasteiger partial charge in [0, 0.05) is 12.6 Å². The van der Waals surface area contributed by atoms with Crippen LogP contribution >= 0.6 is 0 Å². The van der Waals surface area contributed by atoms with Gasteiger partial charge in [-0.15, -0.1) is 0 Å². The molecule has 0 aliphatic heterocycles. The van der Waals surface area contributed by atoms with Crippen LogP contribution in [-0.2, 0) is 9.63 Å². The number of amides is 1. The molecule has 2 aromatic rings. The van der Waals surface area contributed by atoms with Crippen LogP contribution in [0, 0.1) is 6.92 Å². The number of hydrogen-bond donors (Lipinski definition) is 1. The number of nitrogens with zero attached hydrogens (tertiary/aromatic N) is 1. The van der Waals surface area contributed by atoms with Crippen LogP contribution in [0.25, 0.3) is 0 Å². The second-order valence-corrected chi connectivity index (χ2v) is 5.43. The predicted octanol–water partition coefficient (Wildman–Crippen LogP) is 3.77. The Morgan fingerprint density at radius 2 is 1.67 bits per heavy atom. The van der Waals surface area contributed by atoms with E-state index in [1.165, 1.54) is 12.5 Å². The van der Waals surface area contributed by atoms with Crippen LogP contribution in [0.3, 0.4) is 0 Å². The predicted molar refractivity (Wildman–Crippen MR) is 95.6 cm³/mol. The molecule has 0 radical (unpaired) electrons. The van der Waals surface area contributed by atoms with Crippen molar-refractivity contribution < 1.29 is 14.4 Å². The normalized spacial score (nSPS) is 11.0. The number of rotatable bonds is 7. The van der Waals surface area contributed by atoms with Gasteiger partial charge in [0.1, 0.15) is 12.4 Å². The van der Waals surface area contributed by atoms with Gasteiger partial charge in [-0.05, 0) is 43.7 Å². The lowest BCUT2D eigenvalue weighted by Gasteiger charge is -2.07. The van der Waals surface area contributed by atoms with E-state index in [0.29, 0.717) is 13.2 Å². The molecule has 5 heteroatoms. The summed E-state index contributed by atoms with van der Waals surface area (Å²) in [5, 5.41) is 6.80. The number of oxime groups is 1. The largest absolute Gasteiger partial charge is 0.490 e. The lowest BCUT2D eigenvalue weighted by molar-refractivity contribution is -0.114. The first-order valence-electron chi connectivity index (χ1n) is 7.78. The van der Waals surface area contributed by atoms with E-state index in [1.807, 2.05) is 62.4 Å². The van der Waals surface area contributed by atoms with Crippen molar-refractivity contribution in [2.75, 3.05) is 18.5 Å². The second kappa shape index (κ2) is 8.72. The SMILES string of the molecule is CC(=O)Nc1ccc(/C(C)=N/OCCOc2ccc(C)cc2)cc1. The molecule has 0 aromatic heterocycles. The van der Waals surface area contributed by atoms with E-state index in [1.54, 1.807) is 0 Å². The third-order valence-corrected chi connectivity index (χ3v) is 3.29. The minimum Gasteiger partial charge on any atom is -0.490 e. The molecule has 0 fully saturated rings. The molecule has 24 heavy (non-hydrogen) atoms. The Bertz CT molecular complexity index is 692. The average Bonchev–Trinajstić information content (AvgIpc) is 2.56. The zero-order valence-electron chi connectivity index (χ0n) is 14.2. The van der Waals surface area contributed by atoms with Crippen molar-refractivity contribution in [3.8, 4) is 5.75 Å². The summed E-state index contributed by atoms with van der Waals surface area (Å²) >= 11 is 0. The molecule has 0 saturated carbocycles. The maximum absolute atomic E-state index is 11.0. The molecule has 0 saturated heterocycles. The van der Waals surface area contributed by atoms with Crippen molar-refractivity contribution in [1.82, 2.24) is 0 Å². The zero-order chi connectivity index (χ0) is 17.4. The summed E-state index contributed by atoms with van der Waals surface area (Å²) in [5.41, 5.74) is 3.65. The van der Waals surface area contributed by atoms with E-state index in [2.05, 4.69) is 10.5 Å². The summed E-state index contributed by atoms with van der Waals surface area (Å²) in [6, 6.07) is 15.3. The molecule has 5 nitrogen and oxygen atoms in total. The Morgan fingerprint density at radius 1 is 1.00 bits per heavy atom. The number of carbonyl (C=O) groups excluding carboxylic acids is 1. The molecule has 2 aromatic carbocycles. The third-order valence-electron chi connectivity index (χ3n) is 3.29. The van der Waals surface area contributed by atoms with Gasteiger partial charge < -0.3 is 14.9 Å². The fourth-order valence-corrected chi connectivity index (χ4v) is 2.02. The Hall–Kier alpha value is -2.82. The van der Waals surface area contributed by atoms with E-state index in [9.17, 15) is 4.79 Å². The fourth-order valence-electron chi connectivity index (χ4n) is 2.02. The van der Waals surface area contributed by atoms with Crippen LogP contribution in [0.15, 0.2) is 53.7 Å². The highest BCUT2D eigenvalue weighted by molar-refractivity contribution is 5.99. The molecule has 1 amide bonds. The van der Waals surface area contributed by atoms with Crippen LogP contribution in [-0.4, -0.2) is 24.8 Å². The second-order valence-electron chi connectivity index (χ2n) is 5.43. The highest BCUT2D eigenvalue weighted by Gasteiger charge is 2.00. The molecule has 0 atom stereocenters. The van der Waals surface area contributed by atoms with Gasteiger partial charge in [-0.3, -0.25) is 4.79 Å². The number of aryl methyl sites for hydroxylation is 1. The number of hydrogen-bond acceptors (Lipinski definition) is 4. The minimum absolute atomic E-state index is 0.0925. The minimum atomic E-state index is -0.0925. The maximum atomic E-state index is 11.0. The van der Waals surface area contributed by atoms with Crippen molar-refractivity contribution in [1.29, 1.82) is 0 Å². The van der Waals surface area contributed by atoms with Crippen molar-refractivity contribution in [3.05, 3.63) is 59.7 Å². The molecule has 0 unspecified atom stereocenters. The fraction of sp³-hybridized carbons (Fsp3) is 0.263. The van der Waals surface area contributed by atoms with Gasteiger partial charge in [0.15, 0.2) is 6.61 Å². The molecule has 1 N–H and O–H groups in total. The third kappa shape index (κ3) is 5.76. The molecular weight excluding hydrogens is 304 g/mol. The number of nitrogens with one attached hydrogen (secondary N) is 1. The zero-order valence-corrected chi connectivity index (χ0v) is 14.2. The first kappa shape index (κ1) is 17.5. The molecule has 0 aliphatic carbocycles. The molecule has 0 aliphatic rings.